The van der Waals surface area contributed by atoms with E-state index in [4.69, 9.17) is 4.42 Å². The number of anilines is 1. The molecule has 2 heterocycles. The molecular formula is C16H15N3O3S. The lowest BCUT2D eigenvalue weighted by atomic mass is 10.1. The van der Waals surface area contributed by atoms with Crippen molar-refractivity contribution in [2.75, 3.05) is 5.32 Å². The molecule has 0 aliphatic heterocycles. The lowest BCUT2D eigenvalue weighted by molar-refractivity contribution is -0.116. The molecule has 0 aliphatic rings. The minimum atomic E-state index is -0.130. The van der Waals surface area contributed by atoms with E-state index in [1.54, 1.807) is 28.3 Å². The molecule has 6 nitrogen and oxygen atoms in total. The Balaban J connectivity index is 1.59. The van der Waals surface area contributed by atoms with Crippen LogP contribution in [0.25, 0.3) is 11.3 Å². The average molecular weight is 329 g/mol. The molecule has 3 aromatic rings. The summed E-state index contributed by atoms with van der Waals surface area (Å²) in [6.45, 7) is 2.24. The molecule has 0 unspecified atom stereocenters. The monoisotopic (exact) mass is 329 g/mol. The molecule has 7 heteroatoms. The van der Waals surface area contributed by atoms with Gasteiger partial charge in [0, 0.05) is 35.3 Å². The number of thiazole rings is 1. The van der Waals surface area contributed by atoms with Gasteiger partial charge in [0.25, 0.3) is 0 Å². The van der Waals surface area contributed by atoms with Gasteiger partial charge in [-0.25, -0.2) is 4.98 Å². The first-order valence-electron chi connectivity index (χ1n) is 7.07. The summed E-state index contributed by atoms with van der Waals surface area (Å²) in [5, 5.41) is 4.61. The van der Waals surface area contributed by atoms with Crippen LogP contribution in [0.4, 0.5) is 5.69 Å². The second-order valence-corrected chi connectivity index (χ2v) is 5.86. The highest BCUT2D eigenvalue weighted by Gasteiger charge is 2.07. The number of rotatable bonds is 5. The Morgan fingerprint density at radius 1 is 1.35 bits per heavy atom. The maximum atomic E-state index is 12.0. The number of amides is 1. The number of oxazole rings is 1. The van der Waals surface area contributed by atoms with Crippen LogP contribution in [-0.2, 0) is 11.3 Å². The Kier molecular flexibility index (Phi) is 4.38. The van der Waals surface area contributed by atoms with Crippen molar-refractivity contribution < 1.29 is 9.21 Å². The maximum Gasteiger partial charge on any atom is 0.307 e. The van der Waals surface area contributed by atoms with Crippen LogP contribution in [0.1, 0.15) is 12.1 Å². The molecule has 2 aromatic heterocycles. The van der Waals surface area contributed by atoms with E-state index in [0.717, 1.165) is 22.6 Å². The standard InChI is InChI=1S/C16H15N3O3S/c1-11-9-23-16(21)19(11)7-6-15(20)18-13-4-2-12(3-5-13)14-8-17-10-22-14/h2-5,8-10H,6-7H2,1H3,(H,18,20). The first-order valence-corrected chi connectivity index (χ1v) is 7.95. The van der Waals surface area contributed by atoms with Crippen LogP contribution in [0.5, 0.6) is 0 Å². The van der Waals surface area contributed by atoms with E-state index in [9.17, 15) is 9.59 Å². The highest BCUT2D eigenvalue weighted by Crippen LogP contribution is 2.20. The van der Waals surface area contributed by atoms with E-state index in [0.29, 0.717) is 18.0 Å². The molecule has 118 valence electrons. The summed E-state index contributed by atoms with van der Waals surface area (Å²) in [5.74, 6) is 0.546. The van der Waals surface area contributed by atoms with Gasteiger partial charge in [0.05, 0.1) is 6.20 Å². The van der Waals surface area contributed by atoms with Crippen LogP contribution in [0.15, 0.2) is 51.4 Å². The number of aromatic nitrogens is 2. The van der Waals surface area contributed by atoms with Crippen molar-refractivity contribution >= 4 is 22.9 Å². The Morgan fingerprint density at radius 3 is 2.74 bits per heavy atom. The summed E-state index contributed by atoms with van der Waals surface area (Å²) in [6.07, 6.45) is 3.26. The Hall–Kier alpha value is -2.67. The van der Waals surface area contributed by atoms with Gasteiger partial charge in [0.15, 0.2) is 12.2 Å². The predicted octanol–water partition coefficient (Wildman–Crippen LogP) is 2.90. The molecule has 0 saturated carbocycles. The topological polar surface area (TPSA) is 77.1 Å². The number of aryl methyl sites for hydroxylation is 1. The molecule has 0 radical (unpaired) electrons. The summed E-state index contributed by atoms with van der Waals surface area (Å²) in [6, 6.07) is 7.31. The van der Waals surface area contributed by atoms with E-state index in [1.165, 1.54) is 6.39 Å². The summed E-state index contributed by atoms with van der Waals surface area (Å²) < 4.78 is 6.82. The molecular weight excluding hydrogens is 314 g/mol. The molecule has 0 atom stereocenters. The second-order valence-electron chi connectivity index (χ2n) is 5.04. The summed E-state index contributed by atoms with van der Waals surface area (Å²) in [5.41, 5.74) is 2.47. The summed E-state index contributed by atoms with van der Waals surface area (Å²) in [7, 11) is 0. The highest BCUT2D eigenvalue weighted by molar-refractivity contribution is 7.07. The SMILES string of the molecule is Cc1csc(=O)n1CCC(=O)Nc1ccc(-c2cnco2)cc1. The molecule has 0 aliphatic carbocycles. The van der Waals surface area contributed by atoms with Gasteiger partial charge in [-0.15, -0.1) is 0 Å². The van der Waals surface area contributed by atoms with Crippen molar-refractivity contribution in [1.29, 1.82) is 0 Å². The van der Waals surface area contributed by atoms with Gasteiger partial charge < -0.3 is 14.3 Å². The number of nitrogens with zero attached hydrogens (tertiary/aromatic N) is 2. The number of carbonyl (C=O) groups is 1. The Labute approximate surface area is 136 Å². The van der Waals surface area contributed by atoms with Gasteiger partial charge in [-0.2, -0.15) is 0 Å². The molecule has 1 N–H and O–H groups in total. The van der Waals surface area contributed by atoms with E-state index < -0.39 is 0 Å². The molecule has 0 saturated heterocycles. The smallest absolute Gasteiger partial charge is 0.307 e. The minimum Gasteiger partial charge on any atom is -0.444 e. The molecule has 0 fully saturated rings. The molecule has 1 aromatic carbocycles. The third kappa shape index (κ3) is 3.57. The van der Waals surface area contributed by atoms with E-state index >= 15 is 0 Å². The van der Waals surface area contributed by atoms with Crippen molar-refractivity contribution in [2.24, 2.45) is 0 Å². The number of carbonyl (C=O) groups excluding carboxylic acids is 1. The lowest BCUT2D eigenvalue weighted by Gasteiger charge is -2.07. The largest absolute Gasteiger partial charge is 0.444 e. The quantitative estimate of drug-likeness (QED) is 0.781. The normalized spacial score (nSPS) is 10.7. The fourth-order valence-electron chi connectivity index (χ4n) is 2.19. The van der Waals surface area contributed by atoms with E-state index in [-0.39, 0.29) is 17.2 Å². The fraction of sp³-hybridized carbons (Fsp3) is 0.188. The van der Waals surface area contributed by atoms with Gasteiger partial charge in [-0.1, -0.05) is 11.3 Å². The van der Waals surface area contributed by atoms with Gasteiger partial charge >= 0.3 is 4.87 Å². The van der Waals surface area contributed by atoms with Crippen LogP contribution in [0.3, 0.4) is 0 Å². The van der Waals surface area contributed by atoms with E-state index in [1.807, 2.05) is 19.1 Å². The minimum absolute atomic E-state index is 0.0355. The number of nitrogens with one attached hydrogen (secondary N) is 1. The zero-order valence-electron chi connectivity index (χ0n) is 12.5. The van der Waals surface area contributed by atoms with Crippen LogP contribution in [0.2, 0.25) is 0 Å². The van der Waals surface area contributed by atoms with Crippen LogP contribution in [0, 0.1) is 6.92 Å². The van der Waals surface area contributed by atoms with Gasteiger partial charge in [-0.05, 0) is 31.2 Å². The van der Waals surface area contributed by atoms with Gasteiger partial charge in [0.2, 0.25) is 5.91 Å². The van der Waals surface area contributed by atoms with Crippen molar-refractivity contribution in [3.8, 4) is 11.3 Å². The van der Waals surface area contributed by atoms with Crippen LogP contribution >= 0.6 is 11.3 Å². The number of hydrogen-bond acceptors (Lipinski definition) is 5. The zero-order valence-corrected chi connectivity index (χ0v) is 13.3. The third-order valence-corrected chi connectivity index (χ3v) is 4.31. The van der Waals surface area contributed by atoms with Gasteiger partial charge in [-0.3, -0.25) is 9.59 Å². The zero-order chi connectivity index (χ0) is 16.2. The van der Waals surface area contributed by atoms with Crippen LogP contribution in [-0.4, -0.2) is 15.5 Å². The van der Waals surface area contributed by atoms with Crippen molar-refractivity contribution in [2.45, 2.75) is 19.9 Å². The van der Waals surface area contributed by atoms with Gasteiger partial charge in [0.1, 0.15) is 0 Å². The maximum absolute atomic E-state index is 12.0. The van der Waals surface area contributed by atoms with Crippen molar-refractivity contribution in [3.63, 3.8) is 0 Å². The summed E-state index contributed by atoms with van der Waals surface area (Å²) in [4.78, 5) is 27.4. The highest BCUT2D eigenvalue weighted by atomic mass is 32.1. The Morgan fingerprint density at radius 2 is 2.13 bits per heavy atom. The third-order valence-electron chi connectivity index (χ3n) is 3.42. The first kappa shape index (κ1) is 15.2. The molecule has 23 heavy (non-hydrogen) atoms. The first-order chi connectivity index (χ1) is 11.1. The molecule has 0 spiro atoms. The number of benzene rings is 1. The fourth-order valence-corrected chi connectivity index (χ4v) is 2.95. The number of hydrogen-bond donors (Lipinski definition) is 1. The molecule has 3 rings (SSSR count). The molecule has 0 bridgehead atoms. The Bertz CT molecular complexity index is 848. The van der Waals surface area contributed by atoms with E-state index in [2.05, 4.69) is 10.3 Å². The van der Waals surface area contributed by atoms with Crippen molar-refractivity contribution in [1.82, 2.24) is 9.55 Å². The van der Waals surface area contributed by atoms with Crippen LogP contribution < -0.4 is 10.2 Å². The average Bonchev–Trinajstić information content (AvgIpc) is 3.17. The lowest BCUT2D eigenvalue weighted by Crippen LogP contribution is -2.20. The van der Waals surface area contributed by atoms with Crippen molar-refractivity contribution in [3.05, 3.63) is 57.6 Å². The second kappa shape index (κ2) is 6.62. The molecule has 1 amide bonds. The summed E-state index contributed by atoms with van der Waals surface area (Å²) >= 11 is 1.15. The predicted molar refractivity (Wildman–Crippen MR) is 88.5 cm³/mol.